The fraction of sp³-hybridized carbons (Fsp3) is 0.120. The van der Waals surface area contributed by atoms with Crippen LogP contribution in [-0.4, -0.2) is 22.8 Å². The Balaban J connectivity index is 1.59. The number of carbonyl (C=O) groups excluding carboxylic acids is 1. The van der Waals surface area contributed by atoms with E-state index in [-0.39, 0.29) is 17.8 Å². The smallest absolute Gasteiger partial charge is 0.254 e. The summed E-state index contributed by atoms with van der Waals surface area (Å²) in [7, 11) is 1.76. The molecule has 4 rings (SSSR count). The van der Waals surface area contributed by atoms with Crippen LogP contribution in [0.1, 0.15) is 33.2 Å². The first-order chi connectivity index (χ1) is 15.1. The summed E-state index contributed by atoms with van der Waals surface area (Å²) in [4.78, 5) is 19.2. The van der Waals surface area contributed by atoms with Gasteiger partial charge >= 0.3 is 0 Å². The van der Waals surface area contributed by atoms with Crippen molar-refractivity contribution < 1.29 is 13.9 Å². The van der Waals surface area contributed by atoms with Gasteiger partial charge in [0.1, 0.15) is 18.2 Å². The first kappa shape index (κ1) is 20.8. The largest absolute Gasteiger partial charge is 0.487 e. The zero-order valence-corrected chi connectivity index (χ0v) is 17.8. The molecule has 3 aromatic carbocycles. The molecular weight excluding hydrogens is 411 g/mol. The van der Waals surface area contributed by atoms with Gasteiger partial charge in [0.15, 0.2) is 0 Å². The monoisotopic (exact) mass is 432 g/mol. The molecule has 4 nitrogen and oxygen atoms in total. The predicted molar refractivity (Wildman–Crippen MR) is 120 cm³/mol. The maximum Gasteiger partial charge on any atom is 0.254 e. The second-order valence-electron chi connectivity index (χ2n) is 7.08. The summed E-state index contributed by atoms with van der Waals surface area (Å²) >= 11 is 1.51. The average Bonchev–Trinajstić information content (AvgIpc) is 3.33. The second-order valence-corrected chi connectivity index (χ2v) is 7.80. The summed E-state index contributed by atoms with van der Waals surface area (Å²) in [6.07, 6.45) is 0. The number of rotatable bonds is 7. The van der Waals surface area contributed by atoms with E-state index in [1.54, 1.807) is 47.8 Å². The Labute approximate surface area is 184 Å². The van der Waals surface area contributed by atoms with E-state index in [1.165, 1.54) is 23.5 Å². The van der Waals surface area contributed by atoms with Crippen molar-refractivity contribution in [2.45, 2.75) is 12.6 Å². The third kappa shape index (κ3) is 4.98. The van der Waals surface area contributed by atoms with Gasteiger partial charge in [0, 0.05) is 18.0 Å². The number of amides is 1. The fourth-order valence-electron chi connectivity index (χ4n) is 3.43. The lowest BCUT2D eigenvalue weighted by Gasteiger charge is -2.29. The number of hydrogen-bond donors (Lipinski definition) is 0. The molecule has 1 aromatic heterocycles. The second kappa shape index (κ2) is 9.53. The molecule has 0 spiro atoms. The highest BCUT2D eigenvalue weighted by molar-refractivity contribution is 7.07. The molecule has 0 bridgehead atoms. The Morgan fingerprint density at radius 3 is 2.48 bits per heavy atom. The Hall–Kier alpha value is -3.51. The fourth-order valence-corrected chi connectivity index (χ4v) is 3.97. The average molecular weight is 433 g/mol. The molecule has 6 heteroatoms. The van der Waals surface area contributed by atoms with Gasteiger partial charge in [-0.2, -0.15) is 0 Å². The quantitative estimate of drug-likeness (QED) is 0.375. The zero-order chi connectivity index (χ0) is 21.6. The molecule has 0 aliphatic heterocycles. The van der Waals surface area contributed by atoms with Gasteiger partial charge in [-0.25, -0.2) is 9.37 Å². The van der Waals surface area contributed by atoms with Crippen LogP contribution in [0.3, 0.4) is 0 Å². The Kier molecular flexibility index (Phi) is 6.38. The molecule has 0 aliphatic carbocycles. The minimum Gasteiger partial charge on any atom is -0.487 e. The van der Waals surface area contributed by atoms with Crippen LogP contribution in [0.5, 0.6) is 5.75 Å². The highest BCUT2D eigenvalue weighted by atomic mass is 32.1. The predicted octanol–water partition coefficient (Wildman–Crippen LogP) is 5.72. The van der Waals surface area contributed by atoms with Crippen LogP contribution in [-0.2, 0) is 6.61 Å². The van der Waals surface area contributed by atoms with Crippen molar-refractivity contribution in [2.75, 3.05) is 7.05 Å². The van der Waals surface area contributed by atoms with Gasteiger partial charge in [0.2, 0.25) is 0 Å². The van der Waals surface area contributed by atoms with E-state index < -0.39 is 0 Å². The summed E-state index contributed by atoms with van der Waals surface area (Å²) < 4.78 is 19.3. The van der Waals surface area contributed by atoms with Crippen LogP contribution in [0, 0.1) is 5.82 Å². The van der Waals surface area contributed by atoms with Crippen molar-refractivity contribution in [1.29, 1.82) is 0 Å². The maximum absolute atomic E-state index is 13.5. The van der Waals surface area contributed by atoms with Crippen LogP contribution in [0.2, 0.25) is 0 Å². The van der Waals surface area contributed by atoms with Crippen LogP contribution < -0.4 is 4.74 Å². The van der Waals surface area contributed by atoms with Crippen molar-refractivity contribution in [3.63, 3.8) is 0 Å². The van der Waals surface area contributed by atoms with Gasteiger partial charge in [-0.15, -0.1) is 11.3 Å². The van der Waals surface area contributed by atoms with E-state index in [1.807, 2.05) is 41.8 Å². The molecule has 1 amide bonds. The lowest BCUT2D eigenvalue weighted by molar-refractivity contribution is 0.0754. The van der Waals surface area contributed by atoms with Crippen LogP contribution in [0.4, 0.5) is 4.39 Å². The summed E-state index contributed by atoms with van der Waals surface area (Å²) in [5.41, 5.74) is 4.90. The topological polar surface area (TPSA) is 42.4 Å². The molecule has 0 saturated carbocycles. The molecule has 1 atom stereocenters. The molecule has 31 heavy (non-hydrogen) atoms. The summed E-state index contributed by atoms with van der Waals surface area (Å²) in [6.45, 7) is 0.346. The van der Waals surface area contributed by atoms with Crippen molar-refractivity contribution in [2.24, 2.45) is 0 Å². The molecule has 1 unspecified atom stereocenters. The minimum atomic E-state index is -0.353. The number of aromatic nitrogens is 1. The standard InChI is InChI=1S/C25H21FN2O2S/c1-28(24(18-6-3-2-4-7-18)19-10-12-21(26)13-11-19)25(29)20-8-5-9-23(14-20)30-15-22-16-31-17-27-22/h2-14,16-17,24H,15H2,1H3. The van der Waals surface area contributed by atoms with Crippen molar-refractivity contribution >= 4 is 17.2 Å². The summed E-state index contributed by atoms with van der Waals surface area (Å²) in [5.74, 6) is 0.136. The van der Waals surface area contributed by atoms with E-state index >= 15 is 0 Å². The van der Waals surface area contributed by atoms with Crippen molar-refractivity contribution in [1.82, 2.24) is 9.88 Å². The molecule has 0 aliphatic rings. The lowest BCUT2D eigenvalue weighted by atomic mass is 9.96. The van der Waals surface area contributed by atoms with Gasteiger partial charge in [-0.1, -0.05) is 48.5 Å². The third-order valence-electron chi connectivity index (χ3n) is 4.96. The highest BCUT2D eigenvalue weighted by Gasteiger charge is 2.24. The van der Waals surface area contributed by atoms with Gasteiger partial charge in [-0.05, 0) is 41.5 Å². The molecular formula is C25H21FN2O2S. The van der Waals surface area contributed by atoms with Crippen molar-refractivity contribution in [3.05, 3.63) is 118 Å². The Morgan fingerprint density at radius 2 is 1.77 bits per heavy atom. The molecule has 4 aromatic rings. The third-order valence-corrected chi connectivity index (χ3v) is 5.60. The molecule has 0 radical (unpaired) electrons. The van der Waals surface area contributed by atoms with Gasteiger partial charge in [-0.3, -0.25) is 4.79 Å². The van der Waals surface area contributed by atoms with Gasteiger partial charge < -0.3 is 9.64 Å². The molecule has 1 heterocycles. The van der Waals surface area contributed by atoms with E-state index in [9.17, 15) is 9.18 Å². The van der Waals surface area contributed by atoms with Crippen molar-refractivity contribution in [3.8, 4) is 5.75 Å². The lowest BCUT2D eigenvalue weighted by Crippen LogP contribution is -2.32. The minimum absolute atomic E-state index is 0.155. The van der Waals surface area contributed by atoms with Crippen LogP contribution >= 0.6 is 11.3 Å². The number of carbonyl (C=O) groups is 1. The van der Waals surface area contributed by atoms with E-state index in [2.05, 4.69) is 4.98 Å². The number of nitrogens with zero attached hydrogens (tertiary/aromatic N) is 2. The number of benzene rings is 3. The Morgan fingerprint density at radius 1 is 1.03 bits per heavy atom. The molecule has 0 saturated heterocycles. The molecule has 0 N–H and O–H groups in total. The normalized spacial score (nSPS) is 11.7. The Bertz CT molecular complexity index is 1130. The maximum atomic E-state index is 13.5. The van der Waals surface area contributed by atoms with Crippen LogP contribution in [0.25, 0.3) is 0 Å². The number of hydrogen-bond acceptors (Lipinski definition) is 4. The zero-order valence-electron chi connectivity index (χ0n) is 16.9. The first-order valence-corrected chi connectivity index (χ1v) is 10.7. The van der Waals surface area contributed by atoms with Gasteiger partial charge in [0.25, 0.3) is 5.91 Å². The summed E-state index contributed by atoms with van der Waals surface area (Å²) in [5, 5.41) is 1.93. The van der Waals surface area contributed by atoms with E-state index in [0.29, 0.717) is 17.9 Å². The molecule has 156 valence electrons. The van der Waals surface area contributed by atoms with Crippen LogP contribution in [0.15, 0.2) is 89.8 Å². The highest BCUT2D eigenvalue weighted by Crippen LogP contribution is 2.29. The SMILES string of the molecule is CN(C(=O)c1cccc(OCc2cscn2)c1)C(c1ccccc1)c1ccc(F)cc1. The number of ether oxygens (including phenoxy) is 1. The van der Waals surface area contributed by atoms with E-state index in [0.717, 1.165) is 16.8 Å². The number of halogens is 1. The molecule has 0 fully saturated rings. The summed E-state index contributed by atoms with van der Waals surface area (Å²) in [6, 6.07) is 22.7. The number of thiazole rings is 1. The first-order valence-electron chi connectivity index (χ1n) is 9.79. The van der Waals surface area contributed by atoms with E-state index in [4.69, 9.17) is 4.74 Å². The van der Waals surface area contributed by atoms with Gasteiger partial charge in [0.05, 0.1) is 17.2 Å².